The first-order chi connectivity index (χ1) is 4.68. The van der Waals surface area contributed by atoms with Crippen molar-refractivity contribution in [2.24, 2.45) is 5.73 Å². The number of hydrogen-bond acceptors (Lipinski definition) is 3. The molecule has 0 saturated heterocycles. The van der Waals surface area contributed by atoms with Crippen molar-refractivity contribution in [2.45, 2.75) is 6.04 Å². The van der Waals surface area contributed by atoms with E-state index in [2.05, 4.69) is 5.92 Å². The van der Waals surface area contributed by atoms with E-state index in [0.717, 1.165) is 0 Å². The van der Waals surface area contributed by atoms with Crippen molar-refractivity contribution in [3.63, 3.8) is 0 Å². The maximum atomic E-state index is 10.1. The lowest BCUT2D eigenvalue weighted by Crippen LogP contribution is -2.32. The van der Waals surface area contributed by atoms with Gasteiger partial charge in [0.2, 0.25) is 0 Å². The molecule has 3 N–H and O–H groups in total. The molecule has 0 aromatic rings. The molecule has 1 unspecified atom stereocenters. The molecule has 56 valence electrons. The molecule has 0 bridgehead atoms. The summed E-state index contributed by atoms with van der Waals surface area (Å²) in [5, 5.41) is 8.29. The first kappa shape index (κ1) is 9.34. The van der Waals surface area contributed by atoms with E-state index in [1.165, 1.54) is 11.8 Å². The largest absolute Gasteiger partial charge is 0.480 e. The van der Waals surface area contributed by atoms with E-state index in [-0.39, 0.29) is 0 Å². The first-order valence-electron chi connectivity index (χ1n) is 2.68. The van der Waals surface area contributed by atoms with Gasteiger partial charge in [0.1, 0.15) is 6.04 Å². The number of terminal acetylenes is 1. The van der Waals surface area contributed by atoms with Crippen LogP contribution in [0.2, 0.25) is 0 Å². The molecule has 0 heterocycles. The predicted octanol–water partition coefficient (Wildman–Crippen LogP) is -0.235. The van der Waals surface area contributed by atoms with Crippen molar-refractivity contribution in [3.05, 3.63) is 0 Å². The molecule has 0 aliphatic heterocycles. The summed E-state index contributed by atoms with van der Waals surface area (Å²) in [6.07, 6.45) is 4.93. The van der Waals surface area contributed by atoms with Gasteiger partial charge in [-0.3, -0.25) is 4.79 Å². The second kappa shape index (κ2) is 5.15. The number of carbonyl (C=O) groups is 1. The molecule has 0 aromatic carbocycles. The van der Waals surface area contributed by atoms with Gasteiger partial charge in [0.25, 0.3) is 0 Å². The topological polar surface area (TPSA) is 63.3 Å². The van der Waals surface area contributed by atoms with Crippen LogP contribution in [0.3, 0.4) is 0 Å². The number of hydrogen-bond donors (Lipinski definition) is 2. The highest BCUT2D eigenvalue weighted by molar-refractivity contribution is 7.99. The first-order valence-corrected chi connectivity index (χ1v) is 3.83. The zero-order valence-electron chi connectivity index (χ0n) is 5.41. The molecule has 0 amide bonds. The molecule has 0 fully saturated rings. The second-order valence-corrected chi connectivity index (χ2v) is 2.69. The molecule has 3 nitrogen and oxygen atoms in total. The third-order valence-electron chi connectivity index (χ3n) is 0.800. The van der Waals surface area contributed by atoms with Crippen LogP contribution in [0.4, 0.5) is 0 Å². The summed E-state index contributed by atoms with van der Waals surface area (Å²) >= 11 is 1.35. The molecule has 10 heavy (non-hydrogen) atoms. The van der Waals surface area contributed by atoms with Gasteiger partial charge in [0.15, 0.2) is 0 Å². The zero-order chi connectivity index (χ0) is 7.98. The number of aliphatic carboxylic acids is 1. The zero-order valence-corrected chi connectivity index (χ0v) is 6.23. The fraction of sp³-hybridized carbons (Fsp3) is 0.500. The highest BCUT2D eigenvalue weighted by Gasteiger charge is 2.09. The van der Waals surface area contributed by atoms with E-state index in [4.69, 9.17) is 17.3 Å². The molecule has 4 heteroatoms. The summed E-state index contributed by atoms with van der Waals surface area (Å²) in [6.45, 7) is 0. The molecular weight excluding hydrogens is 150 g/mol. The van der Waals surface area contributed by atoms with Crippen LogP contribution in [0.15, 0.2) is 0 Å². The Bertz CT molecular complexity index is 152. The summed E-state index contributed by atoms with van der Waals surface area (Å²) in [5.41, 5.74) is 5.17. The van der Waals surface area contributed by atoms with Crippen LogP contribution in [-0.4, -0.2) is 28.6 Å². The molecule has 0 saturated carbocycles. The van der Waals surface area contributed by atoms with E-state index in [0.29, 0.717) is 11.5 Å². The molecule has 0 aliphatic carbocycles. The third kappa shape index (κ3) is 4.24. The van der Waals surface area contributed by atoms with Gasteiger partial charge in [0.05, 0.1) is 5.75 Å². The minimum Gasteiger partial charge on any atom is -0.480 e. The van der Waals surface area contributed by atoms with Crippen LogP contribution in [0, 0.1) is 12.3 Å². The standard InChI is InChI=1S/C6H9NO2S/c1-2-3-10-4-5(7)6(8)9/h1,5H,3-4,7H2,(H,8,9). The number of rotatable bonds is 4. The van der Waals surface area contributed by atoms with Gasteiger partial charge < -0.3 is 10.8 Å². The lowest BCUT2D eigenvalue weighted by atomic mass is 10.4. The average molecular weight is 159 g/mol. The minimum atomic E-state index is -0.982. The van der Waals surface area contributed by atoms with Gasteiger partial charge in [-0.25, -0.2) is 0 Å². The van der Waals surface area contributed by atoms with Crippen molar-refractivity contribution in [2.75, 3.05) is 11.5 Å². The SMILES string of the molecule is C#CCSCC(N)C(=O)O. The van der Waals surface area contributed by atoms with Gasteiger partial charge in [-0.05, 0) is 0 Å². The van der Waals surface area contributed by atoms with Crippen molar-refractivity contribution in [1.82, 2.24) is 0 Å². The summed E-state index contributed by atoms with van der Waals surface area (Å²) < 4.78 is 0. The monoisotopic (exact) mass is 159 g/mol. The van der Waals surface area contributed by atoms with E-state index in [1.54, 1.807) is 0 Å². The lowest BCUT2D eigenvalue weighted by Gasteiger charge is -2.02. The highest BCUT2D eigenvalue weighted by atomic mass is 32.2. The van der Waals surface area contributed by atoms with E-state index in [9.17, 15) is 4.79 Å². The Morgan fingerprint density at radius 1 is 1.90 bits per heavy atom. The van der Waals surface area contributed by atoms with Crippen LogP contribution >= 0.6 is 11.8 Å². The Labute approximate surface area is 64.0 Å². The molecule has 0 rings (SSSR count). The third-order valence-corrected chi connectivity index (χ3v) is 1.77. The van der Waals surface area contributed by atoms with Crippen LogP contribution in [0.25, 0.3) is 0 Å². The van der Waals surface area contributed by atoms with Crippen LogP contribution < -0.4 is 5.73 Å². The van der Waals surface area contributed by atoms with Gasteiger partial charge in [-0.1, -0.05) is 5.92 Å². The quantitative estimate of drug-likeness (QED) is 0.439. The number of carboxylic acids is 1. The Morgan fingerprint density at radius 2 is 2.50 bits per heavy atom. The fourth-order valence-corrected chi connectivity index (χ4v) is 0.948. The minimum absolute atomic E-state index is 0.375. The van der Waals surface area contributed by atoms with E-state index >= 15 is 0 Å². The normalized spacial score (nSPS) is 12.0. The summed E-state index contributed by atoms with van der Waals surface area (Å²) in [6, 6.07) is -0.793. The number of nitrogens with two attached hydrogens (primary N) is 1. The molecule has 1 atom stereocenters. The van der Waals surface area contributed by atoms with E-state index < -0.39 is 12.0 Å². The van der Waals surface area contributed by atoms with Crippen molar-refractivity contribution >= 4 is 17.7 Å². The Morgan fingerprint density at radius 3 is 2.90 bits per heavy atom. The number of carboxylic acid groups (broad SMARTS) is 1. The summed E-state index contributed by atoms with van der Waals surface area (Å²) in [7, 11) is 0. The molecule has 0 aliphatic rings. The maximum Gasteiger partial charge on any atom is 0.321 e. The highest BCUT2D eigenvalue weighted by Crippen LogP contribution is 1.99. The second-order valence-electron chi connectivity index (χ2n) is 1.66. The van der Waals surface area contributed by atoms with Crippen LogP contribution in [0.5, 0.6) is 0 Å². The smallest absolute Gasteiger partial charge is 0.321 e. The van der Waals surface area contributed by atoms with Gasteiger partial charge in [-0.2, -0.15) is 0 Å². The Kier molecular flexibility index (Phi) is 4.81. The Hall–Kier alpha value is -0.660. The average Bonchev–Trinajstić information content (AvgIpc) is 1.88. The van der Waals surface area contributed by atoms with Crippen molar-refractivity contribution in [1.29, 1.82) is 0 Å². The molecule has 0 radical (unpaired) electrons. The van der Waals surface area contributed by atoms with Crippen molar-refractivity contribution in [3.8, 4) is 12.3 Å². The fourth-order valence-electron chi connectivity index (χ4n) is 0.316. The van der Waals surface area contributed by atoms with Gasteiger partial charge in [0, 0.05) is 5.75 Å². The maximum absolute atomic E-state index is 10.1. The van der Waals surface area contributed by atoms with Gasteiger partial charge >= 0.3 is 5.97 Å². The number of thioether (sulfide) groups is 1. The lowest BCUT2D eigenvalue weighted by molar-refractivity contribution is -0.137. The van der Waals surface area contributed by atoms with Gasteiger partial charge in [-0.15, -0.1) is 18.2 Å². The Balaban J connectivity index is 3.32. The molecular formula is C6H9NO2S. The summed E-state index contributed by atoms with van der Waals surface area (Å²) in [4.78, 5) is 10.1. The summed E-state index contributed by atoms with van der Waals surface area (Å²) in [5.74, 6) is 2.28. The van der Waals surface area contributed by atoms with Crippen LogP contribution in [0.1, 0.15) is 0 Å². The van der Waals surface area contributed by atoms with E-state index in [1.807, 2.05) is 0 Å². The molecule has 0 spiro atoms. The molecule has 0 aromatic heterocycles. The van der Waals surface area contributed by atoms with Crippen molar-refractivity contribution < 1.29 is 9.90 Å². The predicted molar refractivity (Wildman–Crippen MR) is 41.8 cm³/mol. The van der Waals surface area contributed by atoms with Crippen LogP contribution in [-0.2, 0) is 4.79 Å².